The molecule has 2 fully saturated rings. The van der Waals surface area contributed by atoms with Crippen molar-refractivity contribution >= 4 is 24.0 Å². The second kappa shape index (κ2) is 18.2. The lowest BCUT2D eigenvalue weighted by atomic mass is 10.0. The van der Waals surface area contributed by atoms with Crippen LogP contribution in [0.5, 0.6) is 0 Å². The van der Waals surface area contributed by atoms with Crippen LogP contribution >= 0.6 is 0 Å². The van der Waals surface area contributed by atoms with Crippen molar-refractivity contribution in [2.75, 3.05) is 34.4 Å². The van der Waals surface area contributed by atoms with Crippen molar-refractivity contribution in [3.63, 3.8) is 0 Å². The molecule has 0 spiro atoms. The Kier molecular flexibility index (Phi) is 13.5. The number of ether oxygens (including phenoxy) is 3. The average Bonchev–Trinajstić information content (AvgIpc) is 4.00. The fraction of sp³-hybridized carbons (Fsp3) is 0.568. The number of aromatic nitrogens is 4. The summed E-state index contributed by atoms with van der Waals surface area (Å²) >= 11 is 0. The van der Waals surface area contributed by atoms with Gasteiger partial charge >= 0.3 is 12.2 Å². The van der Waals surface area contributed by atoms with Crippen molar-refractivity contribution in [3.8, 4) is 0 Å². The Morgan fingerprint density at radius 2 is 1.19 bits per heavy atom. The van der Waals surface area contributed by atoms with Gasteiger partial charge < -0.3 is 49.7 Å². The smallest absolute Gasteiger partial charge is 0.407 e. The molecule has 0 radical (unpaired) electrons. The van der Waals surface area contributed by atoms with E-state index >= 15 is 0 Å². The molecule has 16 heteroatoms. The minimum absolute atomic E-state index is 0.218. The summed E-state index contributed by atoms with van der Waals surface area (Å²) < 4.78 is 15.4. The van der Waals surface area contributed by atoms with Gasteiger partial charge in [-0.05, 0) is 76.3 Å². The second-order valence-corrected chi connectivity index (χ2v) is 13.7. The summed E-state index contributed by atoms with van der Waals surface area (Å²) in [6.45, 7) is 4.49. The summed E-state index contributed by atoms with van der Waals surface area (Å²) in [6, 6.07) is 6.17. The molecule has 2 aliphatic heterocycles. The summed E-state index contributed by atoms with van der Waals surface area (Å²) in [6.07, 6.45) is 6.86. The van der Waals surface area contributed by atoms with Crippen LogP contribution in [0.3, 0.4) is 0 Å². The molecule has 2 aliphatic rings. The number of carbonyl (C=O) groups excluding carboxylic acids is 3. The fourth-order valence-electron chi connectivity index (χ4n) is 7.11. The minimum Gasteiger partial charge on any atom is -0.465 e. The Labute approximate surface area is 309 Å². The van der Waals surface area contributed by atoms with Gasteiger partial charge in [0.2, 0.25) is 11.8 Å². The highest BCUT2D eigenvalue weighted by Crippen LogP contribution is 2.32. The summed E-state index contributed by atoms with van der Waals surface area (Å²) in [4.78, 5) is 69.8. The van der Waals surface area contributed by atoms with Crippen LogP contribution in [0, 0.1) is 0 Å². The van der Waals surface area contributed by atoms with Crippen molar-refractivity contribution in [1.82, 2.24) is 40.4 Å². The maximum atomic E-state index is 13.5. The zero-order valence-electron chi connectivity index (χ0n) is 31.1. The third-order valence-corrected chi connectivity index (χ3v) is 10.3. The molecule has 2 saturated heterocycles. The van der Waals surface area contributed by atoms with Crippen LogP contribution in [0.25, 0.3) is 0 Å². The largest absolute Gasteiger partial charge is 0.465 e. The van der Waals surface area contributed by atoms with Gasteiger partial charge in [0.25, 0.3) is 0 Å². The van der Waals surface area contributed by atoms with Gasteiger partial charge in [0, 0.05) is 39.7 Å². The third-order valence-electron chi connectivity index (χ3n) is 10.3. The van der Waals surface area contributed by atoms with Gasteiger partial charge in [0.05, 0.1) is 42.8 Å². The van der Waals surface area contributed by atoms with Gasteiger partial charge in [0.1, 0.15) is 23.7 Å². The number of hydrogen-bond donors (Lipinski definition) is 5. The Balaban J connectivity index is 1.12. The number of alkyl carbamates (subject to hydrolysis) is 1. The molecule has 0 aliphatic carbocycles. The molecule has 0 bridgehead atoms. The molecular weight excluding hydrogens is 684 g/mol. The molecule has 2 aromatic heterocycles. The predicted molar refractivity (Wildman–Crippen MR) is 193 cm³/mol. The SMILES string of the molecule is COC(=O)N[C@H](C(=O)N1CCC[C@H]1c1nc(CCc2ccc(CCc3c[nH]c([C@@H]4CCCN4C(=O)[C@@H](NC(=O)O)[C@@H](C)OC)n3)cc2)c[nH]1)C(C)OC. The number of hydrogen-bond acceptors (Lipinski definition) is 9. The number of amides is 4. The molecule has 1 aromatic carbocycles. The zero-order chi connectivity index (χ0) is 38.1. The maximum absolute atomic E-state index is 13.5. The topological polar surface area (TPSA) is 204 Å². The summed E-state index contributed by atoms with van der Waals surface area (Å²) in [5.74, 6) is 0.884. The van der Waals surface area contributed by atoms with Crippen molar-refractivity contribution in [2.45, 2.75) is 102 Å². The molecule has 4 amide bonds. The van der Waals surface area contributed by atoms with E-state index in [4.69, 9.17) is 24.2 Å². The molecule has 6 atom stereocenters. The van der Waals surface area contributed by atoms with Gasteiger partial charge in [0.15, 0.2) is 0 Å². The Bertz CT molecular complexity index is 1690. The Morgan fingerprint density at radius 3 is 1.58 bits per heavy atom. The van der Waals surface area contributed by atoms with Crippen molar-refractivity contribution in [2.24, 2.45) is 0 Å². The van der Waals surface area contributed by atoms with Gasteiger partial charge in [-0.3, -0.25) is 9.59 Å². The van der Waals surface area contributed by atoms with Crippen LogP contribution in [0.4, 0.5) is 9.59 Å². The van der Waals surface area contributed by atoms with E-state index in [0.29, 0.717) is 18.9 Å². The van der Waals surface area contributed by atoms with Crippen LogP contribution in [0.1, 0.15) is 85.8 Å². The molecule has 0 saturated carbocycles. The fourth-order valence-corrected chi connectivity index (χ4v) is 7.11. The van der Waals surface area contributed by atoms with Crippen molar-refractivity contribution in [1.29, 1.82) is 0 Å². The lowest BCUT2D eigenvalue weighted by molar-refractivity contribution is -0.138. The molecule has 4 heterocycles. The first-order valence-corrected chi connectivity index (χ1v) is 18.2. The zero-order valence-corrected chi connectivity index (χ0v) is 31.1. The Hall–Kier alpha value is -4.96. The number of nitrogens with zero attached hydrogens (tertiary/aromatic N) is 4. The molecule has 16 nitrogen and oxygen atoms in total. The molecule has 288 valence electrons. The Morgan fingerprint density at radius 1 is 0.755 bits per heavy atom. The highest BCUT2D eigenvalue weighted by molar-refractivity contribution is 5.87. The van der Waals surface area contributed by atoms with E-state index in [-0.39, 0.29) is 23.9 Å². The average molecular weight is 737 g/mol. The van der Waals surface area contributed by atoms with Crippen LogP contribution in [-0.2, 0) is 49.5 Å². The van der Waals surface area contributed by atoms with E-state index in [2.05, 4.69) is 44.9 Å². The van der Waals surface area contributed by atoms with E-state index in [1.807, 2.05) is 12.4 Å². The number of rotatable bonds is 16. The number of benzene rings is 1. The van der Waals surface area contributed by atoms with Crippen LogP contribution in [0.15, 0.2) is 36.7 Å². The number of likely N-dealkylation sites (tertiary alicyclic amines) is 2. The summed E-state index contributed by atoms with van der Waals surface area (Å²) in [5, 5.41) is 14.2. The number of aryl methyl sites for hydroxylation is 4. The molecule has 1 unspecified atom stereocenters. The number of methoxy groups -OCH3 is 3. The first-order chi connectivity index (χ1) is 25.5. The van der Waals surface area contributed by atoms with Crippen LogP contribution in [0.2, 0.25) is 0 Å². The minimum atomic E-state index is -1.27. The standard InChI is InChI=1S/C37H52N8O8/c1-22(51-3)30(42-36(48)49)34(46)44-18-6-8-28(44)32-38-20-26(40-32)16-14-24-10-12-25(13-11-24)15-17-27-21-39-33(41-27)29-9-7-19-45(29)35(47)31(23(2)52-4)43-37(50)53-5/h10-13,20-23,28-31,42H,6-9,14-19H2,1-5H3,(H,38,40)(H,39,41)(H,43,50)(H,48,49)/t22-,23?,28+,29+,30+,31+/m1/s1. The maximum Gasteiger partial charge on any atom is 0.407 e. The number of carboxylic acid groups (broad SMARTS) is 1. The van der Waals surface area contributed by atoms with E-state index in [1.165, 1.54) is 32.5 Å². The monoisotopic (exact) mass is 736 g/mol. The number of H-pyrrole nitrogens is 2. The van der Waals surface area contributed by atoms with E-state index in [9.17, 15) is 24.3 Å². The van der Waals surface area contributed by atoms with Gasteiger partial charge in [-0.2, -0.15) is 0 Å². The van der Waals surface area contributed by atoms with Crippen molar-refractivity contribution in [3.05, 3.63) is 70.8 Å². The number of nitrogens with one attached hydrogen (secondary N) is 4. The van der Waals surface area contributed by atoms with Gasteiger partial charge in [-0.1, -0.05) is 24.3 Å². The first kappa shape index (κ1) is 39.3. The second-order valence-electron chi connectivity index (χ2n) is 13.7. The summed E-state index contributed by atoms with van der Waals surface area (Å²) in [5.41, 5.74) is 4.18. The molecule has 5 rings (SSSR count). The van der Waals surface area contributed by atoms with Gasteiger partial charge in [-0.15, -0.1) is 0 Å². The third kappa shape index (κ3) is 9.73. The first-order valence-electron chi connectivity index (χ1n) is 18.2. The number of aromatic amines is 2. The lowest BCUT2D eigenvalue weighted by Crippen LogP contribution is -2.54. The molecule has 53 heavy (non-hydrogen) atoms. The highest BCUT2D eigenvalue weighted by Gasteiger charge is 2.40. The highest BCUT2D eigenvalue weighted by atomic mass is 16.5. The van der Waals surface area contributed by atoms with Crippen LogP contribution in [-0.4, -0.2) is 118 Å². The van der Waals surface area contributed by atoms with E-state index in [1.54, 1.807) is 23.6 Å². The number of carbonyl (C=O) groups is 4. The van der Waals surface area contributed by atoms with Crippen LogP contribution < -0.4 is 10.6 Å². The quantitative estimate of drug-likeness (QED) is 0.145. The molecular formula is C37H52N8O8. The normalized spacial score (nSPS) is 19.4. The van der Waals surface area contributed by atoms with Gasteiger partial charge in [-0.25, -0.2) is 19.6 Å². The molecule has 3 aromatic rings. The lowest BCUT2D eigenvalue weighted by Gasteiger charge is -2.30. The van der Waals surface area contributed by atoms with E-state index < -0.39 is 36.5 Å². The van der Waals surface area contributed by atoms with E-state index in [0.717, 1.165) is 68.6 Å². The molecule has 5 N–H and O–H groups in total. The van der Waals surface area contributed by atoms with Crippen molar-refractivity contribution < 1.29 is 38.5 Å². The summed E-state index contributed by atoms with van der Waals surface area (Å²) in [7, 11) is 4.21. The predicted octanol–water partition coefficient (Wildman–Crippen LogP) is 3.46. The number of imidazole rings is 2.